The molecule has 0 spiro atoms. The molecule has 2 aliphatic heterocycles. The number of nitrogens with zero attached hydrogens (tertiary/aromatic N) is 3. The van der Waals surface area contributed by atoms with Crippen LogP contribution in [0.25, 0.3) is 0 Å². The Morgan fingerprint density at radius 1 is 1.08 bits per heavy atom. The molecule has 3 heterocycles. The van der Waals surface area contributed by atoms with Crippen LogP contribution in [0, 0.1) is 11.8 Å². The zero-order valence-electron chi connectivity index (χ0n) is 15.3. The van der Waals surface area contributed by atoms with Gasteiger partial charge in [-0.05, 0) is 37.5 Å². The zero-order chi connectivity index (χ0) is 17.9. The van der Waals surface area contributed by atoms with Gasteiger partial charge in [-0.1, -0.05) is 19.3 Å². The van der Waals surface area contributed by atoms with Crippen LogP contribution in [0.3, 0.4) is 0 Å². The summed E-state index contributed by atoms with van der Waals surface area (Å²) in [7, 11) is 0. The number of ether oxygens (including phenoxy) is 2. The maximum absolute atomic E-state index is 12.5. The zero-order valence-corrected chi connectivity index (χ0v) is 15.3. The van der Waals surface area contributed by atoms with Crippen molar-refractivity contribution in [2.45, 2.75) is 51.4 Å². The highest BCUT2D eigenvalue weighted by Gasteiger charge is 2.34. The average Bonchev–Trinajstić information content (AvgIpc) is 2.98. The van der Waals surface area contributed by atoms with Crippen molar-refractivity contribution in [2.24, 2.45) is 11.8 Å². The molecule has 1 aliphatic carbocycles. The molecule has 4 rings (SSSR count). The van der Waals surface area contributed by atoms with E-state index in [9.17, 15) is 4.79 Å². The van der Waals surface area contributed by atoms with Crippen molar-refractivity contribution in [1.82, 2.24) is 9.97 Å². The summed E-state index contributed by atoms with van der Waals surface area (Å²) in [5.74, 6) is 2.09. The Balaban J connectivity index is 1.47. The van der Waals surface area contributed by atoms with Gasteiger partial charge in [0, 0.05) is 25.3 Å². The minimum Gasteiger partial charge on any atom is -0.463 e. The van der Waals surface area contributed by atoms with Crippen LogP contribution in [0.2, 0.25) is 0 Å². The number of aromatic nitrogens is 2. The van der Waals surface area contributed by atoms with Gasteiger partial charge in [-0.15, -0.1) is 0 Å². The molecule has 142 valence electrons. The Kier molecular flexibility index (Phi) is 5.24. The highest BCUT2D eigenvalue weighted by molar-refractivity contribution is 6.01. The van der Waals surface area contributed by atoms with Crippen LogP contribution < -0.4 is 15.4 Å². The van der Waals surface area contributed by atoms with Crippen molar-refractivity contribution < 1.29 is 14.3 Å². The Hall–Kier alpha value is -1.89. The number of anilines is 2. The first kappa shape index (κ1) is 17.5. The van der Waals surface area contributed by atoms with Crippen molar-refractivity contribution in [3.63, 3.8) is 0 Å². The topological polar surface area (TPSA) is 90.6 Å². The predicted molar refractivity (Wildman–Crippen MR) is 98.1 cm³/mol. The third-order valence-corrected chi connectivity index (χ3v) is 5.84. The highest BCUT2D eigenvalue weighted by atomic mass is 16.5. The van der Waals surface area contributed by atoms with E-state index < -0.39 is 0 Å². The number of hydrogen-bond acceptors (Lipinski definition) is 6. The molecule has 2 N–H and O–H groups in total. The van der Waals surface area contributed by atoms with Gasteiger partial charge in [-0.3, -0.25) is 9.69 Å². The molecule has 0 bridgehead atoms. The molecule has 7 heteroatoms. The molecule has 1 saturated heterocycles. The molecule has 3 aliphatic rings. The van der Waals surface area contributed by atoms with E-state index in [1.54, 1.807) is 4.90 Å². The number of carbonyl (C=O) groups is 1. The summed E-state index contributed by atoms with van der Waals surface area (Å²) in [6, 6.07) is 0.304. The van der Waals surface area contributed by atoms with Crippen molar-refractivity contribution in [1.29, 1.82) is 0 Å². The number of nitrogen functional groups attached to an aromatic ring is 1. The molecule has 0 atom stereocenters. The Labute approximate surface area is 154 Å². The summed E-state index contributed by atoms with van der Waals surface area (Å²) in [6.07, 6.45) is 8.51. The van der Waals surface area contributed by atoms with Crippen LogP contribution in [0.1, 0.15) is 50.5 Å². The fourth-order valence-corrected chi connectivity index (χ4v) is 4.21. The van der Waals surface area contributed by atoms with Gasteiger partial charge in [0.2, 0.25) is 5.91 Å². The van der Waals surface area contributed by atoms with Gasteiger partial charge in [0.05, 0.1) is 13.0 Å². The van der Waals surface area contributed by atoms with E-state index in [1.807, 2.05) is 0 Å². The number of carbonyl (C=O) groups excluding carboxylic acids is 1. The van der Waals surface area contributed by atoms with Crippen LogP contribution in [0.15, 0.2) is 0 Å². The third-order valence-electron chi connectivity index (χ3n) is 5.84. The van der Waals surface area contributed by atoms with E-state index in [0.29, 0.717) is 42.6 Å². The predicted octanol–water partition coefficient (Wildman–Crippen LogP) is 2.33. The molecule has 7 nitrogen and oxygen atoms in total. The lowest BCUT2D eigenvalue weighted by atomic mass is 9.90. The van der Waals surface area contributed by atoms with Crippen LogP contribution in [-0.4, -0.2) is 42.2 Å². The van der Waals surface area contributed by atoms with E-state index in [1.165, 1.54) is 32.1 Å². The van der Waals surface area contributed by atoms with Gasteiger partial charge in [0.15, 0.2) is 0 Å². The van der Waals surface area contributed by atoms with Crippen molar-refractivity contribution >= 4 is 17.5 Å². The van der Waals surface area contributed by atoms with E-state index in [2.05, 4.69) is 9.97 Å². The molecule has 1 saturated carbocycles. The van der Waals surface area contributed by atoms with Gasteiger partial charge in [0.1, 0.15) is 11.6 Å². The van der Waals surface area contributed by atoms with Gasteiger partial charge in [-0.2, -0.15) is 9.97 Å². The molecular formula is C19H28N4O3. The SMILES string of the molecule is Nc1nc(OCC2CCCCC2)nc2c1CC(=O)N2CC1CCOCC1. The second-order valence-corrected chi connectivity index (χ2v) is 7.75. The first-order valence-electron chi connectivity index (χ1n) is 9.88. The van der Waals surface area contributed by atoms with Gasteiger partial charge in [-0.25, -0.2) is 0 Å². The van der Waals surface area contributed by atoms with Crippen LogP contribution in [0.5, 0.6) is 6.01 Å². The quantitative estimate of drug-likeness (QED) is 0.867. The first-order chi connectivity index (χ1) is 12.7. The number of rotatable bonds is 5. The Morgan fingerprint density at radius 3 is 2.62 bits per heavy atom. The van der Waals surface area contributed by atoms with Crippen molar-refractivity contribution in [3.05, 3.63) is 5.56 Å². The highest BCUT2D eigenvalue weighted by Crippen LogP contribution is 2.34. The van der Waals surface area contributed by atoms with Gasteiger partial charge >= 0.3 is 6.01 Å². The summed E-state index contributed by atoms with van der Waals surface area (Å²) in [5, 5.41) is 0. The smallest absolute Gasteiger partial charge is 0.320 e. The lowest BCUT2D eigenvalue weighted by Crippen LogP contribution is -2.35. The van der Waals surface area contributed by atoms with E-state index in [4.69, 9.17) is 15.2 Å². The van der Waals surface area contributed by atoms with Crippen molar-refractivity contribution in [2.75, 3.05) is 37.0 Å². The molecule has 1 amide bonds. The summed E-state index contributed by atoms with van der Waals surface area (Å²) < 4.78 is 11.3. The minimum absolute atomic E-state index is 0.0527. The second kappa shape index (κ2) is 7.78. The van der Waals surface area contributed by atoms with Crippen LogP contribution in [-0.2, 0) is 16.0 Å². The maximum Gasteiger partial charge on any atom is 0.320 e. The largest absolute Gasteiger partial charge is 0.463 e. The Morgan fingerprint density at radius 2 is 1.85 bits per heavy atom. The van der Waals surface area contributed by atoms with Gasteiger partial charge < -0.3 is 15.2 Å². The molecular weight excluding hydrogens is 332 g/mol. The van der Waals surface area contributed by atoms with Crippen molar-refractivity contribution in [3.8, 4) is 6.01 Å². The first-order valence-corrected chi connectivity index (χ1v) is 9.88. The lowest BCUT2D eigenvalue weighted by molar-refractivity contribution is -0.117. The minimum atomic E-state index is 0.0527. The third kappa shape index (κ3) is 3.77. The van der Waals surface area contributed by atoms with E-state index >= 15 is 0 Å². The fourth-order valence-electron chi connectivity index (χ4n) is 4.21. The molecule has 2 fully saturated rings. The second-order valence-electron chi connectivity index (χ2n) is 7.75. The summed E-state index contributed by atoms with van der Waals surface area (Å²) in [6.45, 7) is 2.84. The van der Waals surface area contributed by atoms with Crippen LogP contribution in [0.4, 0.5) is 11.6 Å². The molecule has 1 aromatic rings. The molecule has 0 aromatic carbocycles. The molecule has 0 radical (unpaired) electrons. The van der Waals surface area contributed by atoms with E-state index in [0.717, 1.165) is 31.6 Å². The van der Waals surface area contributed by atoms with Gasteiger partial charge in [0.25, 0.3) is 0 Å². The monoisotopic (exact) mass is 360 g/mol. The standard InChI is InChI=1S/C19H28N4O3/c20-17-15-10-16(24)23(11-13-6-8-25-9-7-13)18(15)22-19(21-17)26-12-14-4-2-1-3-5-14/h13-14H,1-12H2,(H2,20,21,22). The summed E-state index contributed by atoms with van der Waals surface area (Å²) in [4.78, 5) is 23.1. The van der Waals surface area contributed by atoms with Crippen LogP contribution >= 0.6 is 0 Å². The molecule has 26 heavy (non-hydrogen) atoms. The Bertz CT molecular complexity index is 654. The normalized spacial score (nSPS) is 21.8. The lowest BCUT2D eigenvalue weighted by Gasteiger charge is -2.27. The number of fused-ring (bicyclic) bond motifs is 1. The summed E-state index contributed by atoms with van der Waals surface area (Å²) >= 11 is 0. The maximum atomic E-state index is 12.5. The molecule has 1 aromatic heterocycles. The number of nitrogens with two attached hydrogens (primary N) is 1. The average molecular weight is 360 g/mol. The van der Waals surface area contributed by atoms with E-state index in [-0.39, 0.29) is 12.3 Å². The fraction of sp³-hybridized carbons (Fsp3) is 0.737. The summed E-state index contributed by atoms with van der Waals surface area (Å²) in [5.41, 5.74) is 6.85. The molecule has 0 unspecified atom stereocenters. The number of hydrogen-bond donors (Lipinski definition) is 1. The number of amides is 1.